The average Bonchev–Trinajstić information content (AvgIpc) is 2.46. The predicted molar refractivity (Wildman–Crippen MR) is 82.7 cm³/mol. The minimum absolute atomic E-state index is 0.0569. The molecule has 1 N–H and O–H groups in total. The Labute approximate surface area is 135 Å². The van der Waals surface area contributed by atoms with E-state index < -0.39 is 26.7 Å². The molecule has 0 heterocycles. The minimum atomic E-state index is -4.18. The van der Waals surface area contributed by atoms with Gasteiger partial charge in [0, 0.05) is 10.2 Å². The van der Waals surface area contributed by atoms with Crippen LogP contribution in [0.1, 0.15) is 10.4 Å². The van der Waals surface area contributed by atoms with Gasteiger partial charge in [-0.15, -0.1) is 0 Å². The smallest absolute Gasteiger partial charge is 0.337 e. The van der Waals surface area contributed by atoms with Gasteiger partial charge < -0.3 is 4.74 Å². The summed E-state index contributed by atoms with van der Waals surface area (Å²) in [5.41, 5.74) is 0.204. The molecule has 2 rings (SSSR count). The molecular formula is C14H11BrFNO4S. The number of sulfonamides is 1. The summed E-state index contributed by atoms with van der Waals surface area (Å²) in [4.78, 5) is 10.8. The number of hydrogen-bond donors (Lipinski definition) is 1. The lowest BCUT2D eigenvalue weighted by molar-refractivity contribution is 0.0600. The Morgan fingerprint density at radius 2 is 1.95 bits per heavy atom. The van der Waals surface area contributed by atoms with Crippen molar-refractivity contribution >= 4 is 37.6 Å². The Balaban J connectivity index is 2.42. The maximum atomic E-state index is 13.8. The number of hydrogen-bond acceptors (Lipinski definition) is 4. The summed E-state index contributed by atoms with van der Waals surface area (Å²) >= 11 is 3.21. The third kappa shape index (κ3) is 3.63. The highest BCUT2D eigenvalue weighted by atomic mass is 79.9. The lowest BCUT2D eigenvalue weighted by Gasteiger charge is -2.10. The monoisotopic (exact) mass is 387 g/mol. The molecule has 0 unspecified atom stereocenters. The van der Waals surface area contributed by atoms with Crippen molar-refractivity contribution in [3.63, 3.8) is 0 Å². The zero-order valence-corrected chi connectivity index (χ0v) is 13.7. The predicted octanol–water partition coefficient (Wildman–Crippen LogP) is 3.18. The number of benzene rings is 2. The molecule has 0 fully saturated rings. The standard InChI is InChI=1S/C14H11BrFNO4S/c1-21-14(18)9-5-6-12(16)13(7-9)22(19,20)17-11-4-2-3-10(15)8-11/h2-8,17H,1H3. The zero-order valence-electron chi connectivity index (χ0n) is 11.3. The summed E-state index contributed by atoms with van der Waals surface area (Å²) in [7, 11) is -3.03. The van der Waals surface area contributed by atoms with Crippen LogP contribution in [0.15, 0.2) is 51.8 Å². The van der Waals surface area contributed by atoms with Gasteiger partial charge in [-0.2, -0.15) is 0 Å². The molecule has 0 aliphatic heterocycles. The van der Waals surface area contributed by atoms with Gasteiger partial charge in [0.15, 0.2) is 0 Å². The van der Waals surface area contributed by atoms with E-state index in [2.05, 4.69) is 25.4 Å². The number of methoxy groups -OCH3 is 1. The van der Waals surface area contributed by atoms with Crippen molar-refractivity contribution in [1.29, 1.82) is 0 Å². The lowest BCUT2D eigenvalue weighted by atomic mass is 10.2. The average molecular weight is 388 g/mol. The van der Waals surface area contributed by atoms with E-state index in [1.165, 1.54) is 12.1 Å². The van der Waals surface area contributed by atoms with Crippen molar-refractivity contribution in [2.45, 2.75) is 4.90 Å². The molecule has 8 heteroatoms. The largest absolute Gasteiger partial charge is 0.465 e. The summed E-state index contributed by atoms with van der Waals surface area (Å²) < 4.78 is 45.8. The molecule has 0 aliphatic carbocycles. The van der Waals surface area contributed by atoms with Gasteiger partial charge in [0.25, 0.3) is 10.0 Å². The van der Waals surface area contributed by atoms with Crippen LogP contribution in [0.25, 0.3) is 0 Å². The molecule has 0 atom stereocenters. The second kappa shape index (κ2) is 6.45. The Morgan fingerprint density at radius 1 is 1.23 bits per heavy atom. The number of rotatable bonds is 4. The van der Waals surface area contributed by atoms with E-state index in [-0.39, 0.29) is 11.3 Å². The van der Waals surface area contributed by atoms with Gasteiger partial charge in [-0.3, -0.25) is 4.72 Å². The second-order valence-electron chi connectivity index (χ2n) is 4.25. The van der Waals surface area contributed by atoms with Crippen LogP contribution in [0.4, 0.5) is 10.1 Å². The molecule has 5 nitrogen and oxygen atoms in total. The molecule has 2 aromatic carbocycles. The van der Waals surface area contributed by atoms with Gasteiger partial charge in [-0.25, -0.2) is 17.6 Å². The van der Waals surface area contributed by atoms with Crippen LogP contribution in [0.3, 0.4) is 0 Å². The number of anilines is 1. The number of esters is 1. The fraction of sp³-hybridized carbons (Fsp3) is 0.0714. The molecule has 0 spiro atoms. The minimum Gasteiger partial charge on any atom is -0.465 e. The van der Waals surface area contributed by atoms with Crippen LogP contribution in [-0.4, -0.2) is 21.5 Å². The molecule has 0 aliphatic rings. The van der Waals surface area contributed by atoms with Crippen molar-refractivity contribution < 1.29 is 22.3 Å². The molecule has 0 amide bonds. The van der Waals surface area contributed by atoms with Crippen LogP contribution >= 0.6 is 15.9 Å². The topological polar surface area (TPSA) is 72.5 Å². The molecule has 0 bridgehead atoms. The first kappa shape index (κ1) is 16.4. The van der Waals surface area contributed by atoms with Crippen molar-refractivity contribution in [1.82, 2.24) is 0 Å². The number of nitrogens with one attached hydrogen (secondary N) is 1. The van der Waals surface area contributed by atoms with Crippen LogP contribution in [0.5, 0.6) is 0 Å². The summed E-state index contributed by atoms with van der Waals surface area (Å²) in [6.07, 6.45) is 0. The third-order valence-corrected chi connectivity index (χ3v) is 4.61. The van der Waals surface area contributed by atoms with Gasteiger partial charge in [-0.05, 0) is 36.4 Å². The lowest BCUT2D eigenvalue weighted by Crippen LogP contribution is -2.15. The van der Waals surface area contributed by atoms with Crippen LogP contribution in [-0.2, 0) is 14.8 Å². The summed E-state index contributed by atoms with van der Waals surface area (Å²) in [6.45, 7) is 0. The Kier molecular flexibility index (Phi) is 4.82. The summed E-state index contributed by atoms with van der Waals surface area (Å²) in [5.74, 6) is -1.71. The summed E-state index contributed by atoms with van der Waals surface area (Å²) in [5, 5.41) is 0. The van der Waals surface area contributed by atoms with Gasteiger partial charge in [0.1, 0.15) is 10.7 Å². The zero-order chi connectivity index (χ0) is 16.3. The first-order valence-electron chi connectivity index (χ1n) is 6.00. The highest BCUT2D eigenvalue weighted by molar-refractivity contribution is 9.10. The van der Waals surface area contributed by atoms with E-state index >= 15 is 0 Å². The molecule has 22 heavy (non-hydrogen) atoms. The molecule has 0 radical (unpaired) electrons. The maximum Gasteiger partial charge on any atom is 0.337 e. The Bertz CT molecular complexity index is 823. The van der Waals surface area contributed by atoms with E-state index in [1.54, 1.807) is 12.1 Å². The first-order valence-corrected chi connectivity index (χ1v) is 8.27. The quantitative estimate of drug-likeness (QED) is 0.817. The highest BCUT2D eigenvalue weighted by Gasteiger charge is 2.21. The second-order valence-corrected chi connectivity index (χ2v) is 6.82. The number of ether oxygens (including phenoxy) is 1. The van der Waals surface area contributed by atoms with Crippen LogP contribution < -0.4 is 4.72 Å². The van der Waals surface area contributed by atoms with E-state index in [1.807, 2.05) is 0 Å². The first-order chi connectivity index (χ1) is 10.3. The maximum absolute atomic E-state index is 13.8. The van der Waals surface area contributed by atoms with Gasteiger partial charge in [-0.1, -0.05) is 22.0 Å². The van der Waals surface area contributed by atoms with Crippen molar-refractivity contribution in [3.8, 4) is 0 Å². The number of carbonyl (C=O) groups excluding carboxylic acids is 1. The van der Waals surface area contributed by atoms with Crippen molar-refractivity contribution in [2.75, 3.05) is 11.8 Å². The molecule has 0 saturated carbocycles. The fourth-order valence-corrected chi connectivity index (χ4v) is 3.27. The normalized spacial score (nSPS) is 11.0. The van der Waals surface area contributed by atoms with Gasteiger partial charge in [0.05, 0.1) is 12.7 Å². The van der Waals surface area contributed by atoms with Crippen LogP contribution in [0.2, 0.25) is 0 Å². The van der Waals surface area contributed by atoms with Crippen LogP contribution in [0, 0.1) is 5.82 Å². The third-order valence-electron chi connectivity index (χ3n) is 2.72. The molecule has 116 valence electrons. The fourth-order valence-electron chi connectivity index (χ4n) is 1.72. The SMILES string of the molecule is COC(=O)c1ccc(F)c(S(=O)(=O)Nc2cccc(Br)c2)c1. The Hall–Kier alpha value is -1.93. The van der Waals surface area contributed by atoms with E-state index in [4.69, 9.17) is 0 Å². The molecule has 2 aromatic rings. The molecule has 0 saturated heterocycles. The van der Waals surface area contributed by atoms with Crippen molar-refractivity contribution in [2.24, 2.45) is 0 Å². The van der Waals surface area contributed by atoms with Crippen molar-refractivity contribution in [3.05, 3.63) is 58.3 Å². The number of carbonyl (C=O) groups is 1. The van der Waals surface area contributed by atoms with E-state index in [0.29, 0.717) is 4.47 Å². The number of halogens is 2. The van der Waals surface area contributed by atoms with Gasteiger partial charge >= 0.3 is 5.97 Å². The van der Waals surface area contributed by atoms with Gasteiger partial charge in [0.2, 0.25) is 0 Å². The highest BCUT2D eigenvalue weighted by Crippen LogP contribution is 2.22. The van der Waals surface area contributed by atoms with E-state index in [9.17, 15) is 17.6 Å². The van der Waals surface area contributed by atoms with E-state index in [0.717, 1.165) is 25.3 Å². The summed E-state index contributed by atoms with van der Waals surface area (Å²) in [6, 6.07) is 9.38. The molecular weight excluding hydrogens is 377 g/mol. The molecule has 0 aromatic heterocycles. The Morgan fingerprint density at radius 3 is 2.59 bits per heavy atom.